The number of esters is 1. The summed E-state index contributed by atoms with van der Waals surface area (Å²) in [5.74, 6) is -0.571. The maximum Gasteiger partial charge on any atom is 0.341 e. The highest BCUT2D eigenvalue weighted by Crippen LogP contribution is 2.36. The number of anilines is 1. The maximum atomic E-state index is 12.2. The van der Waals surface area contributed by atoms with Gasteiger partial charge in [-0.2, -0.15) is 0 Å². The number of carbonyl (C=O) groups is 2. The lowest BCUT2D eigenvalue weighted by molar-refractivity contribution is -0.114. The second-order valence-electron chi connectivity index (χ2n) is 4.47. The van der Waals surface area contributed by atoms with Gasteiger partial charge < -0.3 is 10.1 Å². The Morgan fingerprint density at radius 2 is 2.05 bits per heavy atom. The number of amides is 1. The Hall–Kier alpha value is -1.88. The molecule has 4 nitrogen and oxygen atoms in total. The number of fused-ring (bicyclic) bond motifs is 1. The monoisotopic (exact) mass is 291 g/mol. The molecule has 1 aromatic heterocycles. The molecular weight excluding hydrogens is 274 g/mol. The highest BCUT2D eigenvalue weighted by atomic mass is 32.1. The number of benzene rings is 1. The van der Waals surface area contributed by atoms with Gasteiger partial charge in [0.2, 0.25) is 5.91 Å². The van der Waals surface area contributed by atoms with Crippen molar-refractivity contribution in [3.63, 3.8) is 0 Å². The molecule has 1 N–H and O–H groups in total. The number of carbonyl (C=O) groups excluding carboxylic acids is 2. The minimum Gasteiger partial charge on any atom is -0.462 e. The van der Waals surface area contributed by atoms with Gasteiger partial charge in [-0.15, -0.1) is 11.3 Å². The highest BCUT2D eigenvalue weighted by molar-refractivity contribution is 7.23. The minimum atomic E-state index is -0.375. The van der Waals surface area contributed by atoms with Crippen LogP contribution in [-0.4, -0.2) is 18.5 Å². The summed E-state index contributed by atoms with van der Waals surface area (Å²) < 4.78 is 6.23. The van der Waals surface area contributed by atoms with E-state index in [1.54, 1.807) is 0 Å². The third-order valence-corrected chi connectivity index (χ3v) is 3.91. The van der Waals surface area contributed by atoms with Crippen LogP contribution in [0.15, 0.2) is 24.3 Å². The van der Waals surface area contributed by atoms with Crippen LogP contribution in [0.3, 0.4) is 0 Å². The molecule has 1 heterocycles. The zero-order valence-corrected chi connectivity index (χ0v) is 12.4. The van der Waals surface area contributed by atoms with E-state index < -0.39 is 0 Å². The zero-order valence-electron chi connectivity index (χ0n) is 11.6. The zero-order chi connectivity index (χ0) is 14.5. The van der Waals surface area contributed by atoms with Crippen LogP contribution in [0.25, 0.3) is 10.1 Å². The van der Waals surface area contributed by atoms with Gasteiger partial charge in [-0.05, 0) is 12.5 Å². The fraction of sp³-hybridized carbons (Fsp3) is 0.333. The van der Waals surface area contributed by atoms with Gasteiger partial charge in [0.05, 0.1) is 6.61 Å². The van der Waals surface area contributed by atoms with Crippen LogP contribution in [-0.2, 0) is 9.53 Å². The van der Waals surface area contributed by atoms with E-state index >= 15 is 0 Å². The summed E-state index contributed by atoms with van der Waals surface area (Å²) in [5.41, 5.74) is 0.455. The van der Waals surface area contributed by atoms with Gasteiger partial charge in [-0.3, -0.25) is 4.79 Å². The summed E-state index contributed by atoms with van der Waals surface area (Å²) in [6.07, 6.45) is 1.81. The van der Waals surface area contributed by atoms with Crippen molar-refractivity contribution in [1.82, 2.24) is 0 Å². The van der Waals surface area contributed by atoms with Crippen LogP contribution in [0.4, 0.5) is 5.00 Å². The summed E-state index contributed by atoms with van der Waals surface area (Å²) in [6.45, 7) is 3.87. The van der Waals surface area contributed by atoms with E-state index in [0.29, 0.717) is 17.2 Å². The number of ether oxygens (including phenoxy) is 1. The first-order valence-electron chi connectivity index (χ1n) is 6.59. The molecule has 0 saturated carbocycles. The molecule has 0 fully saturated rings. The van der Waals surface area contributed by atoms with E-state index in [1.807, 2.05) is 31.2 Å². The molecule has 0 atom stereocenters. The number of hydrogen-bond acceptors (Lipinski definition) is 4. The summed E-state index contributed by atoms with van der Waals surface area (Å²) in [4.78, 5) is 23.5. The van der Waals surface area contributed by atoms with Crippen LogP contribution in [0, 0.1) is 0 Å². The van der Waals surface area contributed by atoms with Crippen molar-refractivity contribution in [2.24, 2.45) is 0 Å². The Kier molecular flexibility index (Phi) is 4.74. The first-order chi connectivity index (χ1) is 9.63. The van der Waals surface area contributed by atoms with Crippen molar-refractivity contribution < 1.29 is 14.3 Å². The normalized spacial score (nSPS) is 10.5. The molecule has 0 aliphatic carbocycles. The largest absolute Gasteiger partial charge is 0.462 e. The maximum absolute atomic E-state index is 12.2. The van der Waals surface area contributed by atoms with E-state index in [4.69, 9.17) is 4.74 Å². The summed E-state index contributed by atoms with van der Waals surface area (Å²) in [5, 5.41) is 4.09. The van der Waals surface area contributed by atoms with Crippen molar-refractivity contribution in [3.8, 4) is 0 Å². The van der Waals surface area contributed by atoms with Crippen molar-refractivity contribution in [1.29, 1.82) is 0 Å². The van der Waals surface area contributed by atoms with Gasteiger partial charge in [-0.25, -0.2) is 4.79 Å². The van der Waals surface area contributed by atoms with Crippen molar-refractivity contribution in [2.75, 3.05) is 11.9 Å². The van der Waals surface area contributed by atoms with E-state index in [-0.39, 0.29) is 11.9 Å². The van der Waals surface area contributed by atoms with Crippen LogP contribution < -0.4 is 5.32 Å². The number of rotatable bonds is 5. The lowest BCUT2D eigenvalue weighted by Crippen LogP contribution is -2.11. The Balaban J connectivity index is 2.37. The Morgan fingerprint density at radius 1 is 1.30 bits per heavy atom. The molecule has 2 rings (SSSR count). The van der Waals surface area contributed by atoms with Crippen LogP contribution in [0.2, 0.25) is 0 Å². The predicted octanol–water partition coefficient (Wildman–Crippen LogP) is 3.82. The lowest BCUT2D eigenvalue weighted by Gasteiger charge is -2.06. The molecule has 106 valence electrons. The van der Waals surface area contributed by atoms with E-state index in [1.165, 1.54) is 18.3 Å². The van der Waals surface area contributed by atoms with Crippen LogP contribution in [0.5, 0.6) is 0 Å². The Labute approximate surface area is 121 Å². The van der Waals surface area contributed by atoms with Gasteiger partial charge in [0, 0.05) is 17.0 Å². The molecule has 20 heavy (non-hydrogen) atoms. The SMILES string of the molecule is CCCCOC(=O)c1c(NC(C)=O)sc2ccccc12. The Morgan fingerprint density at radius 3 is 2.75 bits per heavy atom. The molecule has 0 spiro atoms. The molecule has 0 radical (unpaired) electrons. The molecule has 0 aliphatic heterocycles. The third-order valence-electron chi connectivity index (χ3n) is 2.82. The van der Waals surface area contributed by atoms with Crippen molar-refractivity contribution in [3.05, 3.63) is 29.8 Å². The third kappa shape index (κ3) is 3.17. The number of hydrogen-bond donors (Lipinski definition) is 1. The number of unbranched alkanes of at least 4 members (excludes halogenated alkanes) is 1. The fourth-order valence-electron chi connectivity index (χ4n) is 1.88. The summed E-state index contributed by atoms with van der Waals surface area (Å²) >= 11 is 1.39. The molecule has 5 heteroatoms. The average Bonchev–Trinajstić information content (AvgIpc) is 2.75. The topological polar surface area (TPSA) is 55.4 Å². The van der Waals surface area contributed by atoms with Gasteiger partial charge in [0.15, 0.2) is 0 Å². The van der Waals surface area contributed by atoms with Crippen LogP contribution >= 0.6 is 11.3 Å². The quantitative estimate of drug-likeness (QED) is 0.673. The van der Waals surface area contributed by atoms with Crippen LogP contribution in [0.1, 0.15) is 37.0 Å². The van der Waals surface area contributed by atoms with Crippen molar-refractivity contribution in [2.45, 2.75) is 26.7 Å². The van der Waals surface area contributed by atoms with Gasteiger partial charge >= 0.3 is 5.97 Å². The molecule has 1 aromatic carbocycles. The summed E-state index contributed by atoms with van der Waals surface area (Å²) in [7, 11) is 0. The van der Waals surface area contributed by atoms with Crippen molar-refractivity contribution >= 4 is 38.3 Å². The Bertz CT molecular complexity index is 633. The fourth-order valence-corrected chi connectivity index (χ4v) is 3.01. The highest BCUT2D eigenvalue weighted by Gasteiger charge is 2.20. The minimum absolute atomic E-state index is 0.195. The molecule has 0 aliphatic rings. The molecule has 0 saturated heterocycles. The van der Waals surface area contributed by atoms with E-state index in [2.05, 4.69) is 5.32 Å². The first kappa shape index (κ1) is 14.5. The first-order valence-corrected chi connectivity index (χ1v) is 7.41. The van der Waals surface area contributed by atoms with Gasteiger partial charge in [-0.1, -0.05) is 31.5 Å². The predicted molar refractivity (Wildman–Crippen MR) is 81.3 cm³/mol. The smallest absolute Gasteiger partial charge is 0.341 e. The number of thiophene rings is 1. The second-order valence-corrected chi connectivity index (χ2v) is 5.53. The standard InChI is InChI=1S/C15H17NO3S/c1-3-4-9-19-15(18)13-11-7-5-6-8-12(11)20-14(13)16-10(2)17/h5-8H,3-4,9H2,1-2H3,(H,16,17). The average molecular weight is 291 g/mol. The number of nitrogens with one attached hydrogen (secondary N) is 1. The molecule has 2 aromatic rings. The van der Waals surface area contributed by atoms with Gasteiger partial charge in [0.25, 0.3) is 0 Å². The molecule has 1 amide bonds. The molecule has 0 unspecified atom stereocenters. The molecule has 0 bridgehead atoms. The summed E-state index contributed by atoms with van der Waals surface area (Å²) in [6, 6.07) is 7.57. The lowest BCUT2D eigenvalue weighted by atomic mass is 10.1. The van der Waals surface area contributed by atoms with Gasteiger partial charge in [0.1, 0.15) is 10.6 Å². The van der Waals surface area contributed by atoms with E-state index in [0.717, 1.165) is 22.9 Å². The van der Waals surface area contributed by atoms with E-state index in [9.17, 15) is 9.59 Å². The molecular formula is C15H17NO3S. The second kappa shape index (κ2) is 6.52.